The number of H-pyrrole nitrogens is 1. The first-order valence-electron chi connectivity index (χ1n) is 6.60. The molecule has 0 unspecified atom stereocenters. The van der Waals surface area contributed by atoms with Crippen LogP contribution < -0.4 is 5.56 Å². The zero-order chi connectivity index (χ0) is 13.7. The number of hydrogen-bond donors (Lipinski definition) is 1. The molecule has 0 spiro atoms. The second kappa shape index (κ2) is 4.60. The van der Waals surface area contributed by atoms with Crippen molar-refractivity contribution in [2.75, 3.05) is 6.61 Å². The van der Waals surface area contributed by atoms with Gasteiger partial charge in [0.05, 0.1) is 12.0 Å². The molecule has 1 N–H and O–H groups in total. The Kier molecular flexibility index (Phi) is 2.85. The van der Waals surface area contributed by atoms with Crippen LogP contribution in [0.25, 0.3) is 10.2 Å². The van der Waals surface area contributed by atoms with Gasteiger partial charge in [0.25, 0.3) is 5.56 Å². The number of rotatable bonds is 2. The second-order valence-corrected chi connectivity index (χ2v) is 7.25. The van der Waals surface area contributed by atoms with E-state index < -0.39 is 0 Å². The van der Waals surface area contributed by atoms with E-state index in [4.69, 9.17) is 4.74 Å². The van der Waals surface area contributed by atoms with Crippen LogP contribution in [0.4, 0.5) is 0 Å². The highest BCUT2D eigenvalue weighted by Gasteiger charge is 2.29. The van der Waals surface area contributed by atoms with E-state index in [1.165, 1.54) is 22.2 Å². The lowest BCUT2D eigenvalue weighted by molar-refractivity contribution is -0.137. The minimum Gasteiger partial charge on any atom is -0.465 e. The molecule has 0 aromatic carbocycles. The van der Waals surface area contributed by atoms with Gasteiger partial charge in [0.2, 0.25) is 0 Å². The molecule has 1 atom stereocenters. The van der Waals surface area contributed by atoms with Crippen LogP contribution >= 0.6 is 23.1 Å². The fraction of sp³-hybridized carbons (Fsp3) is 0.462. The number of ether oxygens (including phenoxy) is 1. The molecule has 0 bridgehead atoms. The molecule has 1 aliphatic heterocycles. The van der Waals surface area contributed by atoms with Crippen LogP contribution in [0.1, 0.15) is 23.3 Å². The maximum absolute atomic E-state index is 12.3. The smallest absolute Gasteiger partial charge is 0.319 e. The summed E-state index contributed by atoms with van der Waals surface area (Å²) in [6.07, 6.45) is 3.82. The number of aromatic amines is 1. The summed E-state index contributed by atoms with van der Waals surface area (Å²) in [4.78, 5) is 33.2. The van der Waals surface area contributed by atoms with E-state index in [0.29, 0.717) is 18.2 Å². The zero-order valence-corrected chi connectivity index (χ0v) is 12.2. The highest BCUT2D eigenvalue weighted by molar-refractivity contribution is 8.00. The lowest BCUT2D eigenvalue weighted by Gasteiger charge is -2.04. The van der Waals surface area contributed by atoms with Gasteiger partial charge in [-0.1, -0.05) is 11.8 Å². The third-order valence-electron chi connectivity index (χ3n) is 3.69. The van der Waals surface area contributed by atoms with Gasteiger partial charge in [-0.3, -0.25) is 9.59 Å². The minimum atomic E-state index is -0.248. The number of hydrogen-bond acceptors (Lipinski definition) is 6. The van der Waals surface area contributed by atoms with Crippen LogP contribution in [0, 0.1) is 0 Å². The molecule has 1 aliphatic carbocycles. The number of thioether (sulfide) groups is 1. The molecular formula is C13H12N2O3S2. The normalized spacial score (nSPS) is 21.4. The molecular weight excluding hydrogens is 296 g/mol. The number of aromatic nitrogens is 2. The van der Waals surface area contributed by atoms with Crippen molar-refractivity contribution >= 4 is 39.3 Å². The van der Waals surface area contributed by atoms with Crippen molar-refractivity contribution in [3.8, 4) is 0 Å². The summed E-state index contributed by atoms with van der Waals surface area (Å²) >= 11 is 2.91. The fourth-order valence-electron chi connectivity index (χ4n) is 2.76. The van der Waals surface area contributed by atoms with Crippen LogP contribution in [-0.2, 0) is 22.4 Å². The molecule has 7 heteroatoms. The van der Waals surface area contributed by atoms with E-state index in [1.54, 1.807) is 11.3 Å². The Hall–Kier alpha value is -1.34. The predicted octanol–water partition coefficient (Wildman–Crippen LogP) is 1.88. The number of aryl methyl sites for hydroxylation is 2. The van der Waals surface area contributed by atoms with Gasteiger partial charge in [0.15, 0.2) is 5.16 Å². The Morgan fingerprint density at radius 3 is 3.05 bits per heavy atom. The van der Waals surface area contributed by atoms with Crippen molar-refractivity contribution in [1.29, 1.82) is 0 Å². The first-order chi connectivity index (χ1) is 9.72. The summed E-state index contributed by atoms with van der Waals surface area (Å²) in [6.45, 7) is 0.455. The molecule has 0 saturated carbocycles. The maximum Gasteiger partial charge on any atom is 0.319 e. The van der Waals surface area contributed by atoms with E-state index in [1.807, 2.05) is 0 Å². The van der Waals surface area contributed by atoms with Crippen molar-refractivity contribution in [3.05, 3.63) is 20.8 Å². The van der Waals surface area contributed by atoms with Gasteiger partial charge in [-0.25, -0.2) is 4.98 Å². The molecule has 2 aromatic heterocycles. The molecule has 5 nitrogen and oxygen atoms in total. The highest BCUT2D eigenvalue weighted by atomic mass is 32.2. The van der Waals surface area contributed by atoms with Crippen molar-refractivity contribution in [2.45, 2.75) is 36.1 Å². The summed E-state index contributed by atoms with van der Waals surface area (Å²) in [5, 5.41) is 1.02. The average Bonchev–Trinajstić information content (AvgIpc) is 3.06. The molecule has 4 rings (SSSR count). The fourth-order valence-corrected chi connectivity index (χ4v) is 5.02. The summed E-state index contributed by atoms with van der Waals surface area (Å²) < 4.78 is 4.93. The number of nitrogens with zero attached hydrogens (tertiary/aromatic N) is 1. The third-order valence-corrected chi connectivity index (χ3v) is 6.01. The van der Waals surface area contributed by atoms with Crippen LogP contribution in [0.5, 0.6) is 0 Å². The van der Waals surface area contributed by atoms with Gasteiger partial charge in [-0.2, -0.15) is 0 Å². The largest absolute Gasteiger partial charge is 0.465 e. The number of esters is 1. The molecule has 3 heterocycles. The maximum atomic E-state index is 12.3. The number of fused-ring (bicyclic) bond motifs is 3. The minimum absolute atomic E-state index is 0.0803. The first-order valence-corrected chi connectivity index (χ1v) is 8.30. The quantitative estimate of drug-likeness (QED) is 0.677. The number of nitrogens with one attached hydrogen (secondary N) is 1. The highest BCUT2D eigenvalue weighted by Crippen LogP contribution is 2.35. The SMILES string of the molecule is O=C1OCC[C@@H]1Sc1nc2sc3c(c2c(=O)[nH]1)CCC3. The Labute approximate surface area is 122 Å². The van der Waals surface area contributed by atoms with Gasteiger partial charge in [0, 0.05) is 11.3 Å². The van der Waals surface area contributed by atoms with Crippen LogP contribution in [0.3, 0.4) is 0 Å². The van der Waals surface area contributed by atoms with E-state index in [2.05, 4.69) is 9.97 Å². The molecule has 1 fully saturated rings. The van der Waals surface area contributed by atoms with E-state index in [9.17, 15) is 9.59 Å². The van der Waals surface area contributed by atoms with E-state index in [0.717, 1.165) is 29.5 Å². The van der Waals surface area contributed by atoms with Gasteiger partial charge in [0.1, 0.15) is 10.1 Å². The van der Waals surface area contributed by atoms with Crippen LogP contribution in [0.2, 0.25) is 0 Å². The summed E-state index contributed by atoms with van der Waals surface area (Å²) in [7, 11) is 0. The second-order valence-electron chi connectivity index (χ2n) is 4.97. The van der Waals surface area contributed by atoms with Crippen LogP contribution in [-0.4, -0.2) is 27.8 Å². The Morgan fingerprint density at radius 1 is 1.35 bits per heavy atom. The summed E-state index contributed by atoms with van der Waals surface area (Å²) in [5.41, 5.74) is 1.10. The molecule has 1 saturated heterocycles. The standard InChI is InChI=1S/C13H12N2O3S2/c16-10-9-6-2-1-3-7(6)19-11(9)15-13(14-10)20-8-4-5-18-12(8)17/h8H,1-5H2,(H,14,15,16)/t8-/m0/s1. The van der Waals surface area contributed by atoms with Gasteiger partial charge < -0.3 is 9.72 Å². The average molecular weight is 308 g/mol. The number of cyclic esters (lactones) is 1. The topological polar surface area (TPSA) is 72.0 Å². The van der Waals surface area contributed by atoms with E-state index >= 15 is 0 Å². The molecule has 0 amide bonds. The number of carbonyl (C=O) groups excluding carboxylic acids is 1. The van der Waals surface area contributed by atoms with E-state index in [-0.39, 0.29) is 16.8 Å². The lowest BCUT2D eigenvalue weighted by Crippen LogP contribution is -2.14. The number of carbonyl (C=O) groups is 1. The third kappa shape index (κ3) is 1.88. The molecule has 0 radical (unpaired) electrons. The number of thiophene rings is 1. The van der Waals surface area contributed by atoms with Gasteiger partial charge in [-0.15, -0.1) is 11.3 Å². The summed E-state index contributed by atoms with van der Waals surface area (Å²) in [6, 6.07) is 0. The van der Waals surface area contributed by atoms with Gasteiger partial charge >= 0.3 is 5.97 Å². The Morgan fingerprint density at radius 2 is 2.25 bits per heavy atom. The first kappa shape index (κ1) is 12.4. The molecule has 2 aliphatic rings. The lowest BCUT2D eigenvalue weighted by atomic mass is 10.2. The molecule has 104 valence electrons. The Balaban J connectivity index is 1.75. The monoisotopic (exact) mass is 308 g/mol. The Bertz CT molecular complexity index is 765. The van der Waals surface area contributed by atoms with Crippen molar-refractivity contribution in [1.82, 2.24) is 9.97 Å². The van der Waals surface area contributed by atoms with Crippen molar-refractivity contribution in [3.63, 3.8) is 0 Å². The van der Waals surface area contributed by atoms with Crippen molar-refractivity contribution < 1.29 is 9.53 Å². The van der Waals surface area contributed by atoms with Gasteiger partial charge in [-0.05, 0) is 24.8 Å². The molecule has 2 aromatic rings. The zero-order valence-electron chi connectivity index (χ0n) is 10.6. The van der Waals surface area contributed by atoms with Crippen molar-refractivity contribution in [2.24, 2.45) is 0 Å². The molecule has 20 heavy (non-hydrogen) atoms. The summed E-state index contributed by atoms with van der Waals surface area (Å²) in [5.74, 6) is -0.216. The van der Waals surface area contributed by atoms with Crippen LogP contribution in [0.15, 0.2) is 9.95 Å². The predicted molar refractivity (Wildman–Crippen MR) is 77.5 cm³/mol.